The number of furan rings is 1. The summed E-state index contributed by atoms with van der Waals surface area (Å²) in [6.45, 7) is -0.0416. The van der Waals surface area contributed by atoms with Crippen molar-refractivity contribution >= 4 is 11.6 Å². The smallest absolute Gasteiger partial charge is 0.420 e. The van der Waals surface area contributed by atoms with E-state index < -0.39 is 17.6 Å². The molecule has 9 heteroatoms. The van der Waals surface area contributed by atoms with Crippen LogP contribution in [0.25, 0.3) is 16.8 Å². The van der Waals surface area contributed by atoms with Crippen molar-refractivity contribution < 1.29 is 26.8 Å². The molecule has 0 aliphatic heterocycles. The molecule has 0 aliphatic rings. The Morgan fingerprint density at radius 3 is 2.53 bits per heavy atom. The van der Waals surface area contributed by atoms with Gasteiger partial charge in [-0.1, -0.05) is 12.1 Å². The van der Waals surface area contributed by atoms with Gasteiger partial charge in [-0.3, -0.25) is 4.79 Å². The average molecular weight is 417 g/mol. The van der Waals surface area contributed by atoms with Crippen LogP contribution in [0.4, 0.5) is 17.6 Å². The van der Waals surface area contributed by atoms with Gasteiger partial charge in [0.05, 0.1) is 36.7 Å². The van der Waals surface area contributed by atoms with E-state index in [1.54, 1.807) is 6.07 Å². The minimum Gasteiger partial charge on any atom is -0.472 e. The summed E-state index contributed by atoms with van der Waals surface area (Å²) >= 11 is 0. The molecule has 0 saturated carbocycles. The highest BCUT2D eigenvalue weighted by Crippen LogP contribution is 2.35. The fourth-order valence-corrected chi connectivity index (χ4v) is 3.07. The number of rotatable bonds is 5. The second-order valence-electron chi connectivity index (χ2n) is 6.70. The van der Waals surface area contributed by atoms with E-state index in [-0.39, 0.29) is 30.2 Å². The van der Waals surface area contributed by atoms with Gasteiger partial charge in [0.1, 0.15) is 11.5 Å². The van der Waals surface area contributed by atoms with Crippen LogP contribution in [0.2, 0.25) is 0 Å². The maximum Gasteiger partial charge on any atom is 0.420 e. The van der Waals surface area contributed by atoms with Crippen molar-refractivity contribution in [3.8, 4) is 11.1 Å². The zero-order valence-corrected chi connectivity index (χ0v) is 15.4. The molecule has 5 nitrogen and oxygen atoms in total. The predicted octanol–water partition coefficient (Wildman–Crippen LogP) is 4.61. The summed E-state index contributed by atoms with van der Waals surface area (Å²) < 4.78 is 59.9. The molecule has 0 fully saturated rings. The first-order chi connectivity index (χ1) is 14.3. The summed E-state index contributed by atoms with van der Waals surface area (Å²) in [7, 11) is 0. The van der Waals surface area contributed by atoms with Gasteiger partial charge in [0.2, 0.25) is 5.91 Å². The molecule has 30 heavy (non-hydrogen) atoms. The Morgan fingerprint density at radius 1 is 1.10 bits per heavy atom. The Balaban J connectivity index is 1.56. The molecule has 0 unspecified atom stereocenters. The number of nitrogens with zero attached hydrogens (tertiary/aromatic N) is 2. The van der Waals surface area contributed by atoms with E-state index in [4.69, 9.17) is 4.42 Å². The van der Waals surface area contributed by atoms with Gasteiger partial charge < -0.3 is 14.1 Å². The zero-order chi connectivity index (χ0) is 21.3. The van der Waals surface area contributed by atoms with Gasteiger partial charge in [0.25, 0.3) is 0 Å². The number of alkyl halides is 3. The van der Waals surface area contributed by atoms with Gasteiger partial charge in [0.15, 0.2) is 0 Å². The topological polar surface area (TPSA) is 59.5 Å². The predicted molar refractivity (Wildman–Crippen MR) is 99.8 cm³/mol. The number of aromatic nitrogens is 2. The number of hydrogen-bond donors (Lipinski definition) is 1. The summed E-state index contributed by atoms with van der Waals surface area (Å²) in [6.07, 6.45) is 1.11. The van der Waals surface area contributed by atoms with Gasteiger partial charge in [-0.2, -0.15) is 13.2 Å². The van der Waals surface area contributed by atoms with E-state index in [9.17, 15) is 22.4 Å². The van der Waals surface area contributed by atoms with E-state index in [0.29, 0.717) is 16.7 Å². The van der Waals surface area contributed by atoms with Crippen molar-refractivity contribution in [3.63, 3.8) is 0 Å². The first kappa shape index (κ1) is 19.7. The summed E-state index contributed by atoms with van der Waals surface area (Å²) in [4.78, 5) is 16.1. The molecule has 3 heterocycles. The molecule has 1 aromatic carbocycles. The molecule has 0 aliphatic carbocycles. The van der Waals surface area contributed by atoms with Crippen LogP contribution in [0, 0.1) is 5.82 Å². The fourth-order valence-electron chi connectivity index (χ4n) is 3.07. The molecule has 4 rings (SSSR count). The normalized spacial score (nSPS) is 11.7. The van der Waals surface area contributed by atoms with Crippen LogP contribution >= 0.6 is 0 Å². The lowest BCUT2D eigenvalue weighted by Crippen LogP contribution is -2.24. The van der Waals surface area contributed by atoms with E-state index in [0.717, 1.165) is 6.07 Å². The Labute approximate surface area is 168 Å². The molecule has 4 aromatic rings. The molecule has 1 amide bonds. The van der Waals surface area contributed by atoms with Crippen LogP contribution in [0.15, 0.2) is 65.7 Å². The maximum atomic E-state index is 13.6. The first-order valence-electron chi connectivity index (χ1n) is 8.92. The molecule has 3 aromatic heterocycles. The summed E-state index contributed by atoms with van der Waals surface area (Å²) in [5, 5.41) is 2.62. The van der Waals surface area contributed by atoms with Gasteiger partial charge in [-0.25, -0.2) is 9.37 Å². The largest absolute Gasteiger partial charge is 0.472 e. The number of benzene rings is 1. The van der Waals surface area contributed by atoms with Gasteiger partial charge in [-0.15, -0.1) is 0 Å². The second-order valence-corrected chi connectivity index (χ2v) is 6.70. The van der Waals surface area contributed by atoms with Crippen LogP contribution < -0.4 is 5.32 Å². The van der Waals surface area contributed by atoms with E-state index >= 15 is 0 Å². The second kappa shape index (κ2) is 7.66. The third-order valence-electron chi connectivity index (χ3n) is 4.51. The SMILES string of the molecule is O=C(Cc1ccc(F)cc1)NCc1cn2cc(-c3ccoc3)cc(C(F)(F)F)c2n1. The summed E-state index contributed by atoms with van der Waals surface area (Å²) in [6, 6.07) is 8.07. The van der Waals surface area contributed by atoms with Gasteiger partial charge in [-0.05, 0) is 29.8 Å². The van der Waals surface area contributed by atoms with E-state index in [2.05, 4.69) is 10.3 Å². The zero-order valence-electron chi connectivity index (χ0n) is 15.4. The highest BCUT2D eigenvalue weighted by atomic mass is 19.4. The van der Waals surface area contributed by atoms with Crippen molar-refractivity contribution in [2.45, 2.75) is 19.1 Å². The van der Waals surface area contributed by atoms with Crippen LogP contribution in [-0.4, -0.2) is 15.3 Å². The van der Waals surface area contributed by atoms with Crippen LogP contribution in [0.1, 0.15) is 16.8 Å². The lowest BCUT2D eigenvalue weighted by molar-refractivity contribution is -0.136. The number of pyridine rings is 1. The Hall–Kier alpha value is -3.62. The lowest BCUT2D eigenvalue weighted by atomic mass is 10.1. The highest BCUT2D eigenvalue weighted by Gasteiger charge is 2.34. The van der Waals surface area contributed by atoms with Crippen LogP contribution in [0.5, 0.6) is 0 Å². The summed E-state index contributed by atoms with van der Waals surface area (Å²) in [5.74, 6) is -0.757. The Bertz CT molecular complexity index is 1180. The number of halogens is 4. The van der Waals surface area contributed by atoms with Crippen molar-refractivity contribution in [1.82, 2.24) is 14.7 Å². The average Bonchev–Trinajstić information content (AvgIpc) is 3.36. The molecule has 0 radical (unpaired) electrons. The minimum absolute atomic E-state index is 0.0199. The van der Waals surface area contributed by atoms with E-state index in [1.165, 1.54) is 53.6 Å². The molecular formula is C21H15F4N3O2. The number of carbonyl (C=O) groups excluding carboxylic acids is 1. The third-order valence-corrected chi connectivity index (χ3v) is 4.51. The quantitative estimate of drug-likeness (QED) is 0.483. The Morgan fingerprint density at radius 2 is 1.87 bits per heavy atom. The maximum absolute atomic E-state index is 13.6. The molecular weight excluding hydrogens is 402 g/mol. The number of carbonyl (C=O) groups is 1. The standard InChI is InChI=1S/C21H15F4N3O2/c22-16-3-1-13(2-4-16)7-19(29)26-9-17-11-28-10-15(14-5-6-30-12-14)8-18(20(28)27-17)21(23,24)25/h1-6,8,10-12H,7,9H2,(H,26,29). The highest BCUT2D eigenvalue weighted by molar-refractivity contribution is 5.78. The lowest BCUT2D eigenvalue weighted by Gasteiger charge is -2.10. The van der Waals surface area contributed by atoms with Crippen molar-refractivity contribution in [2.75, 3.05) is 0 Å². The minimum atomic E-state index is -4.60. The molecule has 0 spiro atoms. The van der Waals surface area contributed by atoms with Gasteiger partial charge in [0, 0.05) is 23.5 Å². The van der Waals surface area contributed by atoms with Crippen molar-refractivity contribution in [2.24, 2.45) is 0 Å². The van der Waals surface area contributed by atoms with Gasteiger partial charge >= 0.3 is 6.18 Å². The fraction of sp³-hybridized carbons (Fsp3) is 0.143. The number of fused-ring (bicyclic) bond motifs is 1. The van der Waals surface area contributed by atoms with Crippen molar-refractivity contribution in [1.29, 1.82) is 0 Å². The van der Waals surface area contributed by atoms with Crippen LogP contribution in [-0.2, 0) is 23.9 Å². The number of amides is 1. The third kappa shape index (κ3) is 4.19. The Kier molecular flexibility index (Phi) is 5.03. The number of nitrogens with one attached hydrogen (secondary N) is 1. The van der Waals surface area contributed by atoms with Crippen molar-refractivity contribution in [3.05, 3.63) is 84.0 Å². The van der Waals surface area contributed by atoms with Crippen LogP contribution in [0.3, 0.4) is 0 Å². The number of imidazole rings is 1. The first-order valence-corrected chi connectivity index (χ1v) is 8.92. The molecule has 0 bridgehead atoms. The molecule has 154 valence electrons. The summed E-state index contributed by atoms with van der Waals surface area (Å²) in [5.41, 5.74) is 0.589. The molecule has 1 N–H and O–H groups in total. The molecule has 0 atom stereocenters. The number of hydrogen-bond acceptors (Lipinski definition) is 3. The van der Waals surface area contributed by atoms with E-state index in [1.807, 2.05) is 0 Å². The molecule has 0 saturated heterocycles. The monoisotopic (exact) mass is 417 g/mol.